The van der Waals surface area contributed by atoms with Crippen molar-refractivity contribution in [3.8, 4) is 0 Å². The third-order valence-corrected chi connectivity index (χ3v) is 1.81. The minimum Gasteiger partial charge on any atom is -0.443 e. The SMILES string of the molecule is c1nc2cc3cnoc3cc2o1. The molecule has 4 heteroatoms. The number of hydrogen-bond donors (Lipinski definition) is 0. The monoisotopic (exact) mass is 160 g/mol. The summed E-state index contributed by atoms with van der Waals surface area (Å²) in [6.45, 7) is 0. The Labute approximate surface area is 66.8 Å². The summed E-state index contributed by atoms with van der Waals surface area (Å²) in [4.78, 5) is 4.01. The number of benzene rings is 1. The first kappa shape index (κ1) is 5.77. The van der Waals surface area contributed by atoms with Gasteiger partial charge in [0.1, 0.15) is 5.52 Å². The fourth-order valence-electron chi connectivity index (χ4n) is 1.22. The second-order valence-corrected chi connectivity index (χ2v) is 2.54. The van der Waals surface area contributed by atoms with E-state index in [9.17, 15) is 0 Å². The lowest BCUT2D eigenvalue weighted by atomic mass is 10.2. The number of hydrogen-bond acceptors (Lipinski definition) is 4. The first-order valence-electron chi connectivity index (χ1n) is 3.51. The Hall–Kier alpha value is -1.84. The van der Waals surface area contributed by atoms with Gasteiger partial charge in [-0.3, -0.25) is 0 Å². The Morgan fingerprint density at radius 3 is 3.17 bits per heavy atom. The molecule has 58 valence electrons. The van der Waals surface area contributed by atoms with E-state index in [0.29, 0.717) is 0 Å². The van der Waals surface area contributed by atoms with Crippen molar-refractivity contribution in [2.24, 2.45) is 0 Å². The molecule has 3 aromatic rings. The number of rotatable bonds is 0. The van der Waals surface area contributed by atoms with E-state index in [1.807, 2.05) is 6.07 Å². The minimum atomic E-state index is 0.722. The third kappa shape index (κ3) is 0.611. The van der Waals surface area contributed by atoms with Gasteiger partial charge in [0.25, 0.3) is 0 Å². The van der Waals surface area contributed by atoms with Gasteiger partial charge < -0.3 is 8.94 Å². The van der Waals surface area contributed by atoms with E-state index in [1.54, 1.807) is 12.3 Å². The van der Waals surface area contributed by atoms with Crippen LogP contribution in [0.3, 0.4) is 0 Å². The fraction of sp³-hybridized carbons (Fsp3) is 0. The molecule has 0 aliphatic carbocycles. The molecule has 0 unspecified atom stereocenters. The summed E-state index contributed by atoms with van der Waals surface area (Å²) in [7, 11) is 0. The van der Waals surface area contributed by atoms with Gasteiger partial charge in [-0.05, 0) is 6.07 Å². The van der Waals surface area contributed by atoms with E-state index in [1.165, 1.54) is 6.39 Å². The molecule has 12 heavy (non-hydrogen) atoms. The number of oxazole rings is 1. The lowest BCUT2D eigenvalue weighted by molar-refractivity contribution is 0.456. The molecular weight excluding hydrogens is 156 g/mol. The van der Waals surface area contributed by atoms with E-state index < -0.39 is 0 Å². The molecule has 0 atom stereocenters. The van der Waals surface area contributed by atoms with Gasteiger partial charge in [-0.2, -0.15) is 0 Å². The summed E-state index contributed by atoms with van der Waals surface area (Å²) >= 11 is 0. The van der Waals surface area contributed by atoms with Crippen LogP contribution in [0.25, 0.3) is 22.1 Å². The van der Waals surface area contributed by atoms with Crippen LogP contribution in [0.5, 0.6) is 0 Å². The second kappa shape index (κ2) is 1.85. The largest absolute Gasteiger partial charge is 0.443 e. The molecule has 2 aromatic heterocycles. The van der Waals surface area contributed by atoms with Crippen molar-refractivity contribution in [1.29, 1.82) is 0 Å². The van der Waals surface area contributed by atoms with Crippen molar-refractivity contribution >= 4 is 22.1 Å². The van der Waals surface area contributed by atoms with Crippen LogP contribution in [0.1, 0.15) is 0 Å². The molecule has 4 nitrogen and oxygen atoms in total. The summed E-state index contributed by atoms with van der Waals surface area (Å²) in [5.41, 5.74) is 2.27. The number of fused-ring (bicyclic) bond motifs is 2. The molecule has 0 aliphatic heterocycles. The Kier molecular flexibility index (Phi) is 0.889. The van der Waals surface area contributed by atoms with Crippen LogP contribution in [0, 0.1) is 0 Å². The quantitative estimate of drug-likeness (QED) is 0.504. The molecule has 2 heterocycles. The van der Waals surface area contributed by atoms with Gasteiger partial charge in [-0.15, -0.1) is 0 Å². The molecule has 0 aliphatic rings. The highest BCUT2D eigenvalue weighted by Crippen LogP contribution is 2.20. The Morgan fingerprint density at radius 2 is 2.17 bits per heavy atom. The van der Waals surface area contributed by atoms with Crippen molar-refractivity contribution in [3.63, 3.8) is 0 Å². The van der Waals surface area contributed by atoms with Crippen LogP contribution >= 0.6 is 0 Å². The van der Waals surface area contributed by atoms with Crippen molar-refractivity contribution in [2.45, 2.75) is 0 Å². The molecule has 1 aromatic carbocycles. The van der Waals surface area contributed by atoms with E-state index in [0.717, 1.165) is 22.1 Å². The van der Waals surface area contributed by atoms with E-state index in [4.69, 9.17) is 8.94 Å². The summed E-state index contributed by atoms with van der Waals surface area (Å²) in [5, 5.41) is 4.60. The van der Waals surface area contributed by atoms with E-state index in [2.05, 4.69) is 10.1 Å². The average molecular weight is 160 g/mol. The van der Waals surface area contributed by atoms with Gasteiger partial charge in [-0.25, -0.2) is 4.98 Å². The van der Waals surface area contributed by atoms with Crippen LogP contribution in [0.4, 0.5) is 0 Å². The zero-order valence-corrected chi connectivity index (χ0v) is 6.02. The van der Waals surface area contributed by atoms with Crippen molar-refractivity contribution < 1.29 is 8.94 Å². The number of aromatic nitrogens is 2. The summed E-state index contributed by atoms with van der Waals surface area (Å²) < 4.78 is 10.1. The van der Waals surface area contributed by atoms with Gasteiger partial charge in [0, 0.05) is 11.5 Å². The minimum absolute atomic E-state index is 0.722. The summed E-state index contributed by atoms with van der Waals surface area (Å²) in [6, 6.07) is 3.66. The molecular formula is C8H4N2O2. The smallest absolute Gasteiger partial charge is 0.181 e. The van der Waals surface area contributed by atoms with Crippen LogP contribution < -0.4 is 0 Å². The average Bonchev–Trinajstić information content (AvgIpc) is 2.64. The van der Waals surface area contributed by atoms with Crippen molar-refractivity contribution in [2.75, 3.05) is 0 Å². The zero-order valence-electron chi connectivity index (χ0n) is 6.02. The predicted molar refractivity (Wildman–Crippen MR) is 41.6 cm³/mol. The maximum atomic E-state index is 5.10. The topological polar surface area (TPSA) is 52.1 Å². The summed E-state index contributed by atoms with van der Waals surface area (Å²) in [5.74, 6) is 0. The maximum Gasteiger partial charge on any atom is 0.181 e. The molecule has 0 amide bonds. The van der Waals surface area contributed by atoms with Gasteiger partial charge >= 0.3 is 0 Å². The third-order valence-electron chi connectivity index (χ3n) is 1.81. The predicted octanol–water partition coefficient (Wildman–Crippen LogP) is 1.97. The van der Waals surface area contributed by atoms with Gasteiger partial charge in [0.05, 0.1) is 6.20 Å². The highest BCUT2D eigenvalue weighted by Gasteiger charge is 2.03. The summed E-state index contributed by atoms with van der Waals surface area (Å²) in [6.07, 6.45) is 3.07. The van der Waals surface area contributed by atoms with Crippen LogP contribution in [-0.2, 0) is 0 Å². The lowest BCUT2D eigenvalue weighted by Gasteiger charge is -1.84. The molecule has 3 rings (SSSR count). The van der Waals surface area contributed by atoms with E-state index >= 15 is 0 Å². The van der Waals surface area contributed by atoms with Crippen LogP contribution in [-0.4, -0.2) is 10.1 Å². The van der Waals surface area contributed by atoms with Crippen molar-refractivity contribution in [1.82, 2.24) is 10.1 Å². The highest BCUT2D eigenvalue weighted by molar-refractivity contribution is 5.90. The molecule has 0 radical (unpaired) electrons. The molecule has 0 spiro atoms. The maximum absolute atomic E-state index is 5.10. The Bertz CT molecular complexity index is 447. The van der Waals surface area contributed by atoms with Gasteiger partial charge in [-0.1, -0.05) is 5.16 Å². The standard InChI is InChI=1S/C8H4N2O2/c1-5-3-10-12-7(5)2-8-6(1)9-4-11-8/h1-4H. The molecule has 0 fully saturated rings. The fourth-order valence-corrected chi connectivity index (χ4v) is 1.22. The number of nitrogens with zero attached hydrogens (tertiary/aromatic N) is 2. The molecule has 0 bridgehead atoms. The first-order chi connectivity index (χ1) is 5.93. The Balaban J connectivity index is 2.62. The van der Waals surface area contributed by atoms with Crippen LogP contribution in [0.15, 0.2) is 33.7 Å². The van der Waals surface area contributed by atoms with Gasteiger partial charge in [0.15, 0.2) is 17.6 Å². The Morgan fingerprint density at radius 1 is 1.17 bits per heavy atom. The first-order valence-corrected chi connectivity index (χ1v) is 3.51. The molecule has 0 saturated carbocycles. The normalized spacial score (nSPS) is 11.3. The second-order valence-electron chi connectivity index (χ2n) is 2.54. The molecule has 0 N–H and O–H groups in total. The van der Waals surface area contributed by atoms with Crippen molar-refractivity contribution in [3.05, 3.63) is 24.7 Å². The van der Waals surface area contributed by atoms with Gasteiger partial charge in [0.2, 0.25) is 0 Å². The van der Waals surface area contributed by atoms with Crippen LogP contribution in [0.2, 0.25) is 0 Å². The zero-order chi connectivity index (χ0) is 7.97. The van der Waals surface area contributed by atoms with E-state index in [-0.39, 0.29) is 0 Å². The lowest BCUT2D eigenvalue weighted by Crippen LogP contribution is -1.66. The highest BCUT2D eigenvalue weighted by atomic mass is 16.5. The molecule has 0 saturated heterocycles.